The van der Waals surface area contributed by atoms with Gasteiger partial charge in [-0.3, -0.25) is 4.31 Å². The minimum Gasteiger partial charge on any atom is -0.478 e. The standard InChI is InChI=1S/C10H13NO5S/c1-11(17(2,15)16)9-4-7(6-12)3-8(5-9)10(13)14/h3-5,12H,6H2,1-2H3,(H,13,14). The van der Waals surface area contributed by atoms with Crippen LogP contribution in [0.5, 0.6) is 0 Å². The molecule has 0 unspecified atom stereocenters. The fourth-order valence-corrected chi connectivity index (χ4v) is 1.75. The Hall–Kier alpha value is -1.60. The van der Waals surface area contributed by atoms with Crippen LogP contribution in [0.15, 0.2) is 18.2 Å². The Morgan fingerprint density at radius 2 is 1.94 bits per heavy atom. The molecule has 0 radical (unpaired) electrons. The Kier molecular flexibility index (Phi) is 3.74. The summed E-state index contributed by atoms with van der Waals surface area (Å²) in [5.74, 6) is -1.18. The summed E-state index contributed by atoms with van der Waals surface area (Å²) in [6, 6.07) is 3.96. The third kappa shape index (κ3) is 3.18. The van der Waals surface area contributed by atoms with Crippen molar-refractivity contribution >= 4 is 21.7 Å². The molecule has 0 aliphatic heterocycles. The van der Waals surface area contributed by atoms with Crippen molar-refractivity contribution in [3.63, 3.8) is 0 Å². The van der Waals surface area contributed by atoms with Crippen molar-refractivity contribution in [2.24, 2.45) is 0 Å². The summed E-state index contributed by atoms with van der Waals surface area (Å²) in [7, 11) is -2.15. The predicted molar refractivity (Wildman–Crippen MR) is 62.6 cm³/mol. The van der Waals surface area contributed by atoms with Gasteiger partial charge in [0.1, 0.15) is 0 Å². The van der Waals surface area contributed by atoms with Gasteiger partial charge in [-0.1, -0.05) is 0 Å². The van der Waals surface area contributed by atoms with Crippen molar-refractivity contribution in [1.29, 1.82) is 0 Å². The minimum absolute atomic E-state index is 0.0675. The molecule has 1 rings (SSSR count). The van der Waals surface area contributed by atoms with Crippen molar-refractivity contribution in [2.75, 3.05) is 17.6 Å². The highest BCUT2D eigenvalue weighted by Crippen LogP contribution is 2.20. The van der Waals surface area contributed by atoms with Gasteiger partial charge >= 0.3 is 5.97 Å². The summed E-state index contributed by atoms with van der Waals surface area (Å²) in [6.45, 7) is -0.355. The zero-order valence-corrected chi connectivity index (χ0v) is 10.2. The number of rotatable bonds is 4. The minimum atomic E-state index is -3.46. The molecule has 0 aromatic heterocycles. The average Bonchev–Trinajstić information content (AvgIpc) is 2.26. The predicted octanol–water partition coefficient (Wildman–Crippen LogP) is 0.273. The normalized spacial score (nSPS) is 11.2. The highest BCUT2D eigenvalue weighted by Gasteiger charge is 2.15. The van der Waals surface area contributed by atoms with Gasteiger partial charge in [-0.15, -0.1) is 0 Å². The maximum Gasteiger partial charge on any atom is 0.335 e. The second-order valence-electron chi connectivity index (χ2n) is 3.58. The van der Waals surface area contributed by atoms with Gasteiger partial charge in [0, 0.05) is 7.05 Å². The summed E-state index contributed by atoms with van der Waals surface area (Å²) >= 11 is 0. The van der Waals surface area contributed by atoms with Gasteiger partial charge in [0.25, 0.3) is 0 Å². The van der Waals surface area contributed by atoms with Crippen molar-refractivity contribution < 1.29 is 23.4 Å². The third-order valence-electron chi connectivity index (χ3n) is 2.27. The summed E-state index contributed by atoms with van der Waals surface area (Å²) in [5, 5.41) is 17.9. The van der Waals surface area contributed by atoms with Gasteiger partial charge in [0.05, 0.1) is 24.1 Å². The topological polar surface area (TPSA) is 94.9 Å². The largest absolute Gasteiger partial charge is 0.478 e. The molecule has 17 heavy (non-hydrogen) atoms. The number of aliphatic hydroxyl groups excluding tert-OH is 1. The molecule has 0 heterocycles. The molecule has 0 fully saturated rings. The highest BCUT2D eigenvalue weighted by atomic mass is 32.2. The van der Waals surface area contributed by atoms with Crippen LogP contribution >= 0.6 is 0 Å². The molecule has 6 nitrogen and oxygen atoms in total. The molecule has 0 aliphatic rings. The summed E-state index contributed by atoms with van der Waals surface area (Å²) in [6.07, 6.45) is 1.01. The molecule has 1 aromatic rings. The van der Waals surface area contributed by atoms with Crippen LogP contribution in [0, 0.1) is 0 Å². The van der Waals surface area contributed by atoms with Crippen LogP contribution < -0.4 is 4.31 Å². The van der Waals surface area contributed by atoms with Crippen LogP contribution in [0.4, 0.5) is 5.69 Å². The smallest absolute Gasteiger partial charge is 0.335 e. The maximum absolute atomic E-state index is 11.3. The van der Waals surface area contributed by atoms with Crippen LogP contribution in [-0.4, -0.2) is 37.9 Å². The number of sulfonamides is 1. The average molecular weight is 259 g/mol. The van der Waals surface area contributed by atoms with Crippen molar-refractivity contribution in [3.05, 3.63) is 29.3 Å². The number of carboxylic acids is 1. The van der Waals surface area contributed by atoms with E-state index in [1.54, 1.807) is 0 Å². The van der Waals surface area contributed by atoms with Crippen molar-refractivity contribution in [1.82, 2.24) is 0 Å². The Balaban J connectivity index is 3.34. The molecule has 0 amide bonds. The number of carbonyl (C=O) groups is 1. The van der Waals surface area contributed by atoms with E-state index in [2.05, 4.69) is 0 Å². The first-order valence-electron chi connectivity index (χ1n) is 4.67. The molecule has 94 valence electrons. The van der Waals surface area contributed by atoms with Gasteiger partial charge in [-0.2, -0.15) is 0 Å². The van der Waals surface area contributed by atoms with E-state index in [9.17, 15) is 13.2 Å². The van der Waals surface area contributed by atoms with E-state index in [4.69, 9.17) is 10.2 Å². The van der Waals surface area contributed by atoms with Crippen molar-refractivity contribution in [2.45, 2.75) is 6.61 Å². The number of anilines is 1. The van der Waals surface area contributed by atoms with E-state index >= 15 is 0 Å². The molecule has 0 spiro atoms. The van der Waals surface area contributed by atoms with E-state index in [0.29, 0.717) is 5.56 Å². The molecular weight excluding hydrogens is 246 g/mol. The van der Waals surface area contributed by atoms with Crippen LogP contribution in [0.2, 0.25) is 0 Å². The van der Waals surface area contributed by atoms with Crippen LogP contribution in [0.1, 0.15) is 15.9 Å². The van der Waals surface area contributed by atoms with Gasteiger partial charge < -0.3 is 10.2 Å². The first-order chi connectivity index (χ1) is 7.75. The molecule has 2 N–H and O–H groups in total. The van der Waals surface area contributed by atoms with E-state index in [0.717, 1.165) is 10.6 Å². The molecule has 0 saturated heterocycles. The summed E-state index contributed by atoms with van der Waals surface area (Å²) in [5.41, 5.74) is 0.480. The number of aliphatic hydroxyl groups is 1. The molecule has 7 heteroatoms. The van der Waals surface area contributed by atoms with Gasteiger partial charge in [-0.05, 0) is 23.8 Å². The lowest BCUT2D eigenvalue weighted by Crippen LogP contribution is -2.25. The molecule has 0 saturated carbocycles. The van der Waals surface area contributed by atoms with Crippen LogP contribution in [0.3, 0.4) is 0 Å². The van der Waals surface area contributed by atoms with E-state index in [1.165, 1.54) is 25.2 Å². The van der Waals surface area contributed by atoms with Crippen molar-refractivity contribution in [3.8, 4) is 0 Å². The Morgan fingerprint density at radius 1 is 1.35 bits per heavy atom. The first-order valence-corrected chi connectivity index (χ1v) is 6.52. The molecule has 1 aromatic carbocycles. The Labute approximate surface area is 99.2 Å². The Bertz CT molecular complexity index is 538. The molecule has 0 aliphatic carbocycles. The third-order valence-corrected chi connectivity index (χ3v) is 3.47. The molecular formula is C10H13NO5S. The van der Waals surface area contributed by atoms with Crippen LogP contribution in [-0.2, 0) is 16.6 Å². The van der Waals surface area contributed by atoms with E-state index < -0.39 is 16.0 Å². The summed E-state index contributed by atoms with van der Waals surface area (Å²) in [4.78, 5) is 10.8. The fraction of sp³-hybridized carbons (Fsp3) is 0.300. The molecule has 0 atom stereocenters. The molecule has 0 bridgehead atoms. The zero-order chi connectivity index (χ0) is 13.2. The zero-order valence-electron chi connectivity index (χ0n) is 9.41. The number of aromatic carboxylic acids is 1. The quantitative estimate of drug-likeness (QED) is 0.809. The van der Waals surface area contributed by atoms with Gasteiger partial charge in [-0.25, -0.2) is 13.2 Å². The number of benzene rings is 1. The van der Waals surface area contributed by atoms with E-state index in [-0.39, 0.29) is 17.9 Å². The maximum atomic E-state index is 11.3. The summed E-state index contributed by atoms with van der Waals surface area (Å²) < 4.78 is 23.6. The second-order valence-corrected chi connectivity index (χ2v) is 5.60. The lowest BCUT2D eigenvalue weighted by molar-refractivity contribution is 0.0696. The Morgan fingerprint density at radius 3 is 2.35 bits per heavy atom. The SMILES string of the molecule is CN(c1cc(CO)cc(C(=O)O)c1)S(C)(=O)=O. The first kappa shape index (κ1) is 13.5. The number of carboxylic acid groups (broad SMARTS) is 1. The lowest BCUT2D eigenvalue weighted by Gasteiger charge is -2.17. The lowest BCUT2D eigenvalue weighted by atomic mass is 10.1. The van der Waals surface area contributed by atoms with E-state index in [1.807, 2.05) is 0 Å². The fourth-order valence-electron chi connectivity index (χ4n) is 1.26. The van der Waals surface area contributed by atoms with Gasteiger partial charge in [0.15, 0.2) is 0 Å². The second kappa shape index (κ2) is 4.72. The van der Waals surface area contributed by atoms with Gasteiger partial charge in [0.2, 0.25) is 10.0 Å². The number of hydrogen-bond acceptors (Lipinski definition) is 4. The highest BCUT2D eigenvalue weighted by molar-refractivity contribution is 7.92. The number of hydrogen-bond donors (Lipinski definition) is 2. The monoisotopic (exact) mass is 259 g/mol. The van der Waals surface area contributed by atoms with Crippen LogP contribution in [0.25, 0.3) is 0 Å². The number of nitrogens with zero attached hydrogens (tertiary/aromatic N) is 1.